The lowest BCUT2D eigenvalue weighted by Crippen LogP contribution is -2.34. The summed E-state index contributed by atoms with van der Waals surface area (Å²) < 4.78 is 10.6. The molecule has 31 heavy (non-hydrogen) atoms. The first-order valence-corrected chi connectivity index (χ1v) is 10.4. The summed E-state index contributed by atoms with van der Waals surface area (Å²) in [7, 11) is 3.11. The van der Waals surface area contributed by atoms with E-state index in [0.717, 1.165) is 16.5 Å². The van der Waals surface area contributed by atoms with Gasteiger partial charge in [0.15, 0.2) is 0 Å². The lowest BCUT2D eigenvalue weighted by Gasteiger charge is -2.20. The molecule has 0 radical (unpaired) electrons. The van der Waals surface area contributed by atoms with Crippen LogP contribution in [0.2, 0.25) is 5.02 Å². The molecule has 0 unspecified atom stereocenters. The van der Waals surface area contributed by atoms with Gasteiger partial charge in [-0.1, -0.05) is 11.6 Å². The minimum absolute atomic E-state index is 0.102. The molecule has 1 saturated heterocycles. The van der Waals surface area contributed by atoms with E-state index in [1.54, 1.807) is 37.3 Å². The van der Waals surface area contributed by atoms with Crippen LogP contribution in [0.5, 0.6) is 11.5 Å². The van der Waals surface area contributed by atoms with Crippen molar-refractivity contribution in [2.24, 2.45) is 5.92 Å². The number of fused-ring (bicyclic) bond motifs is 1. The SMILES string of the molecule is COc1ccc(N2C[C@H](C(=O)NCCc3c[nH]c4ccc(Cl)cc34)CC2=O)c(OC)c1. The van der Waals surface area contributed by atoms with E-state index in [0.29, 0.717) is 41.7 Å². The van der Waals surface area contributed by atoms with Crippen molar-refractivity contribution in [1.82, 2.24) is 10.3 Å². The molecule has 2 heterocycles. The topological polar surface area (TPSA) is 83.7 Å². The number of anilines is 1. The molecular weight excluding hydrogens is 418 g/mol. The fraction of sp³-hybridized carbons (Fsp3) is 0.304. The first-order valence-electron chi connectivity index (χ1n) is 10.1. The lowest BCUT2D eigenvalue weighted by atomic mass is 10.1. The van der Waals surface area contributed by atoms with Crippen LogP contribution in [-0.2, 0) is 16.0 Å². The van der Waals surface area contributed by atoms with E-state index < -0.39 is 5.92 Å². The second kappa shape index (κ2) is 8.89. The molecule has 0 spiro atoms. The maximum atomic E-state index is 12.7. The van der Waals surface area contributed by atoms with Crippen molar-refractivity contribution in [3.8, 4) is 11.5 Å². The molecule has 1 aromatic heterocycles. The Bertz CT molecular complexity index is 1130. The average Bonchev–Trinajstić information content (AvgIpc) is 3.36. The summed E-state index contributed by atoms with van der Waals surface area (Å²) in [6.07, 6.45) is 2.77. The molecule has 0 saturated carbocycles. The molecule has 162 valence electrons. The molecule has 0 aliphatic carbocycles. The summed E-state index contributed by atoms with van der Waals surface area (Å²) in [4.78, 5) is 30.1. The largest absolute Gasteiger partial charge is 0.497 e. The van der Waals surface area contributed by atoms with Crippen molar-refractivity contribution in [3.63, 3.8) is 0 Å². The zero-order chi connectivity index (χ0) is 22.0. The Kier molecular flexibility index (Phi) is 6.04. The van der Waals surface area contributed by atoms with Gasteiger partial charge in [0.1, 0.15) is 11.5 Å². The van der Waals surface area contributed by atoms with Crippen LogP contribution in [0.1, 0.15) is 12.0 Å². The number of carbonyl (C=O) groups excluding carboxylic acids is 2. The number of aromatic nitrogens is 1. The van der Waals surface area contributed by atoms with E-state index in [4.69, 9.17) is 21.1 Å². The molecule has 2 N–H and O–H groups in total. The number of nitrogens with one attached hydrogen (secondary N) is 2. The third-order valence-corrected chi connectivity index (χ3v) is 5.83. The monoisotopic (exact) mass is 441 g/mol. The first-order chi connectivity index (χ1) is 15.0. The molecular formula is C23H24ClN3O4. The number of halogens is 1. The Hall–Kier alpha value is -3.19. The van der Waals surface area contributed by atoms with E-state index in [2.05, 4.69) is 10.3 Å². The average molecular weight is 442 g/mol. The highest BCUT2D eigenvalue weighted by Crippen LogP contribution is 2.35. The molecule has 7 nitrogen and oxygen atoms in total. The summed E-state index contributed by atoms with van der Waals surface area (Å²) in [5, 5.41) is 4.69. The minimum atomic E-state index is -0.406. The highest BCUT2D eigenvalue weighted by Gasteiger charge is 2.36. The number of carbonyl (C=O) groups is 2. The van der Waals surface area contributed by atoms with Crippen molar-refractivity contribution < 1.29 is 19.1 Å². The van der Waals surface area contributed by atoms with Gasteiger partial charge in [-0.2, -0.15) is 0 Å². The highest BCUT2D eigenvalue weighted by atomic mass is 35.5. The number of ether oxygens (including phenoxy) is 2. The van der Waals surface area contributed by atoms with Gasteiger partial charge < -0.3 is 24.7 Å². The molecule has 0 bridgehead atoms. The van der Waals surface area contributed by atoms with Gasteiger partial charge in [-0.25, -0.2) is 0 Å². The van der Waals surface area contributed by atoms with Gasteiger partial charge in [-0.3, -0.25) is 9.59 Å². The van der Waals surface area contributed by atoms with Gasteiger partial charge in [-0.05, 0) is 42.3 Å². The first kappa shape index (κ1) is 21.1. The van der Waals surface area contributed by atoms with Crippen molar-refractivity contribution in [1.29, 1.82) is 0 Å². The summed E-state index contributed by atoms with van der Waals surface area (Å²) in [6.45, 7) is 0.797. The third kappa shape index (κ3) is 4.32. The Labute approximate surface area is 185 Å². The van der Waals surface area contributed by atoms with Gasteiger partial charge in [0.05, 0.1) is 25.8 Å². The number of aromatic amines is 1. The molecule has 2 amide bonds. The van der Waals surface area contributed by atoms with E-state index in [1.807, 2.05) is 24.4 Å². The summed E-state index contributed by atoms with van der Waals surface area (Å²) in [5.41, 5.74) is 2.74. The number of nitrogens with zero attached hydrogens (tertiary/aromatic N) is 1. The van der Waals surface area contributed by atoms with Gasteiger partial charge in [0, 0.05) is 47.7 Å². The van der Waals surface area contributed by atoms with E-state index in [1.165, 1.54) is 0 Å². The van der Waals surface area contributed by atoms with Crippen LogP contribution in [0.25, 0.3) is 10.9 Å². The Morgan fingerprint density at radius 3 is 2.84 bits per heavy atom. The Morgan fingerprint density at radius 1 is 1.23 bits per heavy atom. The van der Waals surface area contributed by atoms with Crippen LogP contribution in [0, 0.1) is 5.92 Å². The number of benzene rings is 2. The number of methoxy groups -OCH3 is 2. The molecule has 4 rings (SSSR count). The van der Waals surface area contributed by atoms with Crippen LogP contribution >= 0.6 is 11.6 Å². The Morgan fingerprint density at radius 2 is 2.06 bits per heavy atom. The summed E-state index contributed by atoms with van der Waals surface area (Å²) >= 11 is 6.10. The molecule has 2 aromatic carbocycles. The van der Waals surface area contributed by atoms with Crippen LogP contribution in [0.4, 0.5) is 5.69 Å². The molecule has 3 aromatic rings. The number of rotatable bonds is 7. The van der Waals surface area contributed by atoms with Gasteiger partial charge in [-0.15, -0.1) is 0 Å². The summed E-state index contributed by atoms with van der Waals surface area (Å²) in [6, 6.07) is 11.0. The number of amides is 2. The lowest BCUT2D eigenvalue weighted by molar-refractivity contribution is -0.126. The predicted molar refractivity (Wildman–Crippen MR) is 120 cm³/mol. The van der Waals surface area contributed by atoms with Crippen molar-refractivity contribution in [2.75, 3.05) is 32.2 Å². The Balaban J connectivity index is 1.38. The zero-order valence-corrected chi connectivity index (χ0v) is 18.2. The molecule has 8 heteroatoms. The second-order valence-corrected chi connectivity index (χ2v) is 7.92. The maximum Gasteiger partial charge on any atom is 0.227 e. The van der Waals surface area contributed by atoms with Crippen molar-refractivity contribution in [2.45, 2.75) is 12.8 Å². The van der Waals surface area contributed by atoms with Crippen LogP contribution in [0.3, 0.4) is 0 Å². The normalized spacial score (nSPS) is 16.0. The number of H-pyrrole nitrogens is 1. The standard InChI is InChI=1S/C23H24ClN3O4/c1-30-17-4-6-20(21(11-17)31-2)27-13-15(9-22(27)28)23(29)25-8-7-14-12-26-19-5-3-16(24)10-18(14)19/h3-6,10-12,15,26H,7-9,13H2,1-2H3,(H,25,29)/t15-/m1/s1. The fourth-order valence-electron chi connectivity index (χ4n) is 3.95. The van der Waals surface area contributed by atoms with Gasteiger partial charge in [0.25, 0.3) is 0 Å². The van der Waals surface area contributed by atoms with Crippen LogP contribution in [0.15, 0.2) is 42.6 Å². The smallest absolute Gasteiger partial charge is 0.227 e. The van der Waals surface area contributed by atoms with E-state index in [-0.39, 0.29) is 18.2 Å². The highest BCUT2D eigenvalue weighted by molar-refractivity contribution is 6.31. The maximum absolute atomic E-state index is 12.7. The fourth-order valence-corrected chi connectivity index (χ4v) is 4.12. The second-order valence-electron chi connectivity index (χ2n) is 7.49. The molecule has 1 aliphatic rings. The van der Waals surface area contributed by atoms with Crippen LogP contribution in [-0.4, -0.2) is 44.1 Å². The van der Waals surface area contributed by atoms with Gasteiger partial charge in [0.2, 0.25) is 11.8 Å². The number of hydrogen-bond acceptors (Lipinski definition) is 4. The van der Waals surface area contributed by atoms with Crippen LogP contribution < -0.4 is 19.7 Å². The zero-order valence-electron chi connectivity index (χ0n) is 17.4. The van der Waals surface area contributed by atoms with Crippen molar-refractivity contribution >= 4 is 40.0 Å². The number of hydrogen-bond donors (Lipinski definition) is 2. The summed E-state index contributed by atoms with van der Waals surface area (Å²) in [5.74, 6) is 0.541. The molecule has 1 aliphatic heterocycles. The minimum Gasteiger partial charge on any atom is -0.497 e. The van der Waals surface area contributed by atoms with Gasteiger partial charge >= 0.3 is 0 Å². The third-order valence-electron chi connectivity index (χ3n) is 5.60. The quantitative estimate of drug-likeness (QED) is 0.587. The van der Waals surface area contributed by atoms with E-state index >= 15 is 0 Å². The van der Waals surface area contributed by atoms with E-state index in [9.17, 15) is 9.59 Å². The molecule has 1 atom stereocenters. The van der Waals surface area contributed by atoms with Crippen molar-refractivity contribution in [3.05, 3.63) is 53.2 Å². The molecule has 1 fully saturated rings. The predicted octanol–water partition coefficient (Wildman–Crippen LogP) is 3.55.